The molecule has 0 bridgehead atoms. The number of rotatable bonds is 4. The summed E-state index contributed by atoms with van der Waals surface area (Å²) >= 11 is 0. The van der Waals surface area contributed by atoms with Crippen LogP contribution in [0.15, 0.2) is 0 Å². The average molecular weight is 199 g/mol. The summed E-state index contributed by atoms with van der Waals surface area (Å²) < 4.78 is 0. The molecule has 1 fully saturated rings. The van der Waals surface area contributed by atoms with E-state index < -0.39 is 0 Å². The topological polar surface area (TPSA) is 52.7 Å². The van der Waals surface area contributed by atoms with Gasteiger partial charge in [0.15, 0.2) is 0 Å². The number of amides is 2. The molecule has 1 aliphatic rings. The van der Waals surface area contributed by atoms with E-state index in [9.17, 15) is 9.59 Å². The normalized spacial score (nSPS) is 17.9. The van der Waals surface area contributed by atoms with Crippen molar-refractivity contribution in [1.82, 2.24) is 15.1 Å². The molecule has 0 atom stereocenters. The molecule has 1 rings (SSSR count). The fourth-order valence-electron chi connectivity index (χ4n) is 1.36. The zero-order valence-corrected chi connectivity index (χ0v) is 8.75. The first kappa shape index (κ1) is 11.0. The van der Waals surface area contributed by atoms with Crippen molar-refractivity contribution in [3.63, 3.8) is 0 Å². The Hall–Kier alpha value is -1.10. The molecule has 1 N–H and O–H groups in total. The van der Waals surface area contributed by atoms with Crippen LogP contribution in [0.2, 0.25) is 0 Å². The lowest BCUT2D eigenvalue weighted by atomic mass is 10.3. The van der Waals surface area contributed by atoms with E-state index in [4.69, 9.17) is 0 Å². The monoisotopic (exact) mass is 199 g/mol. The standard InChI is InChI=1S/C9H17N3O2/c1-3-10-4-5-12-7-8(13)11(2)6-9(12)14/h10H,3-7H2,1-2H3. The fourth-order valence-corrected chi connectivity index (χ4v) is 1.36. The number of piperazine rings is 1. The number of nitrogens with one attached hydrogen (secondary N) is 1. The van der Waals surface area contributed by atoms with Crippen LogP contribution >= 0.6 is 0 Å². The Kier molecular flexibility index (Phi) is 3.88. The van der Waals surface area contributed by atoms with Gasteiger partial charge in [-0.1, -0.05) is 6.92 Å². The Labute approximate surface area is 84.0 Å². The first-order chi connectivity index (χ1) is 6.65. The quantitative estimate of drug-likeness (QED) is 0.585. The summed E-state index contributed by atoms with van der Waals surface area (Å²) in [6.07, 6.45) is 0. The molecule has 80 valence electrons. The molecular formula is C9H17N3O2. The van der Waals surface area contributed by atoms with Gasteiger partial charge in [0.25, 0.3) is 0 Å². The van der Waals surface area contributed by atoms with Crippen LogP contribution in [0.4, 0.5) is 0 Å². The molecule has 5 heteroatoms. The molecule has 1 heterocycles. The van der Waals surface area contributed by atoms with E-state index in [2.05, 4.69) is 5.32 Å². The highest BCUT2D eigenvalue weighted by Crippen LogP contribution is 2.01. The Balaban J connectivity index is 2.37. The molecule has 0 aliphatic carbocycles. The second-order valence-corrected chi connectivity index (χ2v) is 3.42. The lowest BCUT2D eigenvalue weighted by Gasteiger charge is -2.31. The van der Waals surface area contributed by atoms with Gasteiger partial charge in [-0.3, -0.25) is 9.59 Å². The Morgan fingerprint density at radius 2 is 2.00 bits per heavy atom. The second kappa shape index (κ2) is 4.95. The largest absolute Gasteiger partial charge is 0.335 e. The van der Waals surface area contributed by atoms with Crippen molar-refractivity contribution in [2.24, 2.45) is 0 Å². The van der Waals surface area contributed by atoms with E-state index >= 15 is 0 Å². The molecule has 5 nitrogen and oxygen atoms in total. The number of nitrogens with zero attached hydrogens (tertiary/aromatic N) is 2. The summed E-state index contributed by atoms with van der Waals surface area (Å²) in [4.78, 5) is 25.8. The molecule has 1 aliphatic heterocycles. The van der Waals surface area contributed by atoms with Gasteiger partial charge in [-0.15, -0.1) is 0 Å². The van der Waals surface area contributed by atoms with E-state index in [1.165, 1.54) is 4.90 Å². The SMILES string of the molecule is CCNCCN1CC(=O)N(C)CC1=O. The van der Waals surface area contributed by atoms with Gasteiger partial charge in [0, 0.05) is 20.1 Å². The van der Waals surface area contributed by atoms with Gasteiger partial charge in [0.05, 0.1) is 13.1 Å². The molecule has 0 unspecified atom stereocenters. The van der Waals surface area contributed by atoms with Gasteiger partial charge in [-0.2, -0.15) is 0 Å². The Bertz CT molecular complexity index is 230. The number of carbonyl (C=O) groups excluding carboxylic acids is 2. The van der Waals surface area contributed by atoms with Gasteiger partial charge in [-0.05, 0) is 6.54 Å². The van der Waals surface area contributed by atoms with Crippen LogP contribution in [0.25, 0.3) is 0 Å². The number of carbonyl (C=O) groups is 2. The van der Waals surface area contributed by atoms with E-state index in [-0.39, 0.29) is 24.9 Å². The molecule has 2 amide bonds. The average Bonchev–Trinajstić information content (AvgIpc) is 2.14. The smallest absolute Gasteiger partial charge is 0.242 e. The van der Waals surface area contributed by atoms with Crippen molar-refractivity contribution in [2.75, 3.05) is 39.8 Å². The molecule has 0 radical (unpaired) electrons. The first-order valence-electron chi connectivity index (χ1n) is 4.87. The van der Waals surface area contributed by atoms with Crippen LogP contribution in [0.5, 0.6) is 0 Å². The molecule has 1 saturated heterocycles. The fraction of sp³-hybridized carbons (Fsp3) is 0.778. The van der Waals surface area contributed by atoms with Gasteiger partial charge < -0.3 is 15.1 Å². The summed E-state index contributed by atoms with van der Waals surface area (Å²) in [6.45, 7) is 4.70. The van der Waals surface area contributed by atoms with Crippen molar-refractivity contribution in [3.8, 4) is 0 Å². The Morgan fingerprint density at radius 1 is 1.29 bits per heavy atom. The van der Waals surface area contributed by atoms with Crippen LogP contribution in [-0.2, 0) is 9.59 Å². The molecule has 0 aromatic carbocycles. The molecule has 0 spiro atoms. The molecule has 0 aromatic rings. The minimum atomic E-state index is 0.0149. The number of hydrogen-bond acceptors (Lipinski definition) is 3. The van der Waals surface area contributed by atoms with Crippen molar-refractivity contribution >= 4 is 11.8 Å². The van der Waals surface area contributed by atoms with Crippen LogP contribution in [-0.4, -0.2) is 61.4 Å². The van der Waals surface area contributed by atoms with E-state index in [0.29, 0.717) is 6.54 Å². The lowest BCUT2D eigenvalue weighted by Crippen LogP contribution is -2.53. The van der Waals surface area contributed by atoms with Gasteiger partial charge in [0.1, 0.15) is 0 Å². The predicted octanol–water partition coefficient (Wildman–Crippen LogP) is -1.10. The zero-order valence-electron chi connectivity index (χ0n) is 8.75. The molecule has 0 saturated carbocycles. The van der Waals surface area contributed by atoms with E-state index in [1.54, 1.807) is 11.9 Å². The third kappa shape index (κ3) is 2.70. The minimum absolute atomic E-state index is 0.0149. The van der Waals surface area contributed by atoms with Crippen molar-refractivity contribution in [1.29, 1.82) is 0 Å². The maximum Gasteiger partial charge on any atom is 0.242 e. The van der Waals surface area contributed by atoms with Crippen molar-refractivity contribution < 1.29 is 9.59 Å². The number of likely N-dealkylation sites (N-methyl/N-ethyl adjacent to an activating group) is 2. The summed E-state index contributed by atoms with van der Waals surface area (Å²) in [5.41, 5.74) is 0. The lowest BCUT2D eigenvalue weighted by molar-refractivity contribution is -0.148. The maximum absolute atomic E-state index is 11.4. The van der Waals surface area contributed by atoms with Gasteiger partial charge in [0.2, 0.25) is 11.8 Å². The summed E-state index contributed by atoms with van der Waals surface area (Å²) in [5, 5.41) is 3.12. The van der Waals surface area contributed by atoms with Gasteiger partial charge >= 0.3 is 0 Å². The maximum atomic E-state index is 11.4. The minimum Gasteiger partial charge on any atom is -0.335 e. The highest BCUT2D eigenvalue weighted by atomic mass is 16.2. The number of hydrogen-bond donors (Lipinski definition) is 1. The van der Waals surface area contributed by atoms with Crippen LogP contribution in [0, 0.1) is 0 Å². The highest BCUT2D eigenvalue weighted by molar-refractivity contribution is 5.92. The zero-order chi connectivity index (χ0) is 10.6. The van der Waals surface area contributed by atoms with Gasteiger partial charge in [-0.25, -0.2) is 0 Å². The van der Waals surface area contributed by atoms with Crippen molar-refractivity contribution in [3.05, 3.63) is 0 Å². The summed E-state index contributed by atoms with van der Waals surface area (Å²) in [6, 6.07) is 0. The Morgan fingerprint density at radius 3 is 2.64 bits per heavy atom. The summed E-state index contributed by atoms with van der Waals surface area (Å²) in [7, 11) is 1.65. The van der Waals surface area contributed by atoms with Crippen LogP contribution < -0.4 is 5.32 Å². The molecular weight excluding hydrogens is 182 g/mol. The molecule has 14 heavy (non-hydrogen) atoms. The highest BCUT2D eigenvalue weighted by Gasteiger charge is 2.26. The van der Waals surface area contributed by atoms with Crippen LogP contribution in [0.1, 0.15) is 6.92 Å². The molecule has 0 aromatic heterocycles. The first-order valence-corrected chi connectivity index (χ1v) is 4.87. The van der Waals surface area contributed by atoms with Crippen LogP contribution in [0.3, 0.4) is 0 Å². The van der Waals surface area contributed by atoms with E-state index in [1.807, 2.05) is 6.92 Å². The summed E-state index contributed by atoms with van der Waals surface area (Å²) in [5.74, 6) is 0.0473. The predicted molar refractivity (Wildman–Crippen MR) is 52.8 cm³/mol. The third-order valence-corrected chi connectivity index (χ3v) is 2.29. The third-order valence-electron chi connectivity index (χ3n) is 2.29. The van der Waals surface area contributed by atoms with Crippen molar-refractivity contribution in [2.45, 2.75) is 6.92 Å². The van der Waals surface area contributed by atoms with E-state index in [0.717, 1.165) is 13.1 Å². The second-order valence-electron chi connectivity index (χ2n) is 3.42.